The molecule has 0 saturated heterocycles. The van der Waals surface area contributed by atoms with Gasteiger partial charge in [0.15, 0.2) is 0 Å². The number of halogens is 1. The third-order valence-corrected chi connectivity index (χ3v) is 4.22. The van der Waals surface area contributed by atoms with Gasteiger partial charge in [-0.25, -0.2) is 4.84 Å². The summed E-state index contributed by atoms with van der Waals surface area (Å²) in [4.78, 5) is 2.91. The van der Waals surface area contributed by atoms with Crippen LogP contribution in [0.25, 0.3) is 0 Å². The molecule has 0 aliphatic heterocycles. The maximum absolute atomic E-state index is 5.64. The smallest absolute Gasteiger partial charge is 0.0348 e. The quantitative estimate of drug-likeness (QED) is 0.602. The van der Waals surface area contributed by atoms with Gasteiger partial charge in [-0.2, -0.15) is 0 Å². The van der Waals surface area contributed by atoms with Crippen molar-refractivity contribution in [1.82, 2.24) is 4.84 Å². The van der Waals surface area contributed by atoms with Crippen molar-refractivity contribution in [3.63, 3.8) is 0 Å². The molecule has 3 rings (SSSR count). The summed E-state index contributed by atoms with van der Waals surface area (Å²) >= 11 is 5.64. The van der Waals surface area contributed by atoms with Crippen molar-refractivity contribution < 1.29 is 0 Å². The zero-order chi connectivity index (χ0) is 8.33. The fourth-order valence-corrected chi connectivity index (χ4v) is 2.88. The van der Waals surface area contributed by atoms with Crippen molar-refractivity contribution in [2.75, 3.05) is 0 Å². The number of hydrogen-bond acceptors (Lipinski definition) is 1. The van der Waals surface area contributed by atoms with E-state index in [2.05, 4.69) is 25.6 Å². The van der Waals surface area contributed by atoms with E-state index >= 15 is 0 Å². The standard InChI is InChI=1S/C9H16ClN/c1-7(2,3)8-4-9(5-8,6-8)11-10/h11H,4-6H2,1-3H3. The molecule has 64 valence electrons. The fraction of sp³-hybridized carbons (Fsp3) is 1.00. The zero-order valence-electron chi connectivity index (χ0n) is 7.50. The van der Waals surface area contributed by atoms with Crippen molar-refractivity contribution in [3.05, 3.63) is 0 Å². The van der Waals surface area contributed by atoms with Gasteiger partial charge in [0.05, 0.1) is 0 Å². The van der Waals surface area contributed by atoms with E-state index in [0.29, 0.717) is 16.4 Å². The molecule has 1 nitrogen and oxygen atoms in total. The van der Waals surface area contributed by atoms with E-state index in [-0.39, 0.29) is 0 Å². The minimum absolute atomic E-state index is 0.342. The molecule has 0 unspecified atom stereocenters. The summed E-state index contributed by atoms with van der Waals surface area (Å²) in [6, 6.07) is 0. The van der Waals surface area contributed by atoms with Gasteiger partial charge in [-0.15, -0.1) is 0 Å². The Kier molecular flexibility index (Phi) is 1.27. The predicted molar refractivity (Wildman–Crippen MR) is 47.5 cm³/mol. The van der Waals surface area contributed by atoms with Crippen LogP contribution in [0.2, 0.25) is 0 Å². The van der Waals surface area contributed by atoms with Crippen molar-refractivity contribution in [2.24, 2.45) is 10.8 Å². The highest BCUT2D eigenvalue weighted by Gasteiger charge is 2.71. The molecular weight excluding hydrogens is 158 g/mol. The highest BCUT2D eigenvalue weighted by molar-refractivity contribution is 6.14. The van der Waals surface area contributed by atoms with Gasteiger partial charge in [0.25, 0.3) is 0 Å². The third kappa shape index (κ3) is 0.762. The molecule has 3 saturated carbocycles. The Morgan fingerprint density at radius 2 is 1.64 bits per heavy atom. The van der Waals surface area contributed by atoms with Crippen molar-refractivity contribution in [2.45, 2.75) is 45.6 Å². The van der Waals surface area contributed by atoms with Crippen LogP contribution in [0.5, 0.6) is 0 Å². The van der Waals surface area contributed by atoms with Gasteiger partial charge in [-0.3, -0.25) is 0 Å². The molecular formula is C9H16ClN. The molecule has 2 heteroatoms. The topological polar surface area (TPSA) is 12.0 Å². The fourth-order valence-electron chi connectivity index (χ4n) is 2.68. The van der Waals surface area contributed by atoms with E-state index in [4.69, 9.17) is 11.8 Å². The first-order valence-electron chi connectivity index (χ1n) is 4.31. The lowest BCUT2D eigenvalue weighted by molar-refractivity contribution is -0.207. The Morgan fingerprint density at radius 1 is 1.18 bits per heavy atom. The van der Waals surface area contributed by atoms with Crippen LogP contribution in [0.4, 0.5) is 0 Å². The number of hydrogen-bond donors (Lipinski definition) is 1. The maximum atomic E-state index is 5.64. The second kappa shape index (κ2) is 1.77. The summed E-state index contributed by atoms with van der Waals surface area (Å²) in [6.45, 7) is 7.01. The number of nitrogens with one attached hydrogen (secondary N) is 1. The van der Waals surface area contributed by atoms with E-state index in [9.17, 15) is 0 Å². The lowest BCUT2D eigenvalue weighted by Crippen LogP contribution is -2.75. The second-order valence-corrected chi connectivity index (χ2v) is 5.62. The first-order chi connectivity index (χ1) is 4.93. The van der Waals surface area contributed by atoms with Gasteiger partial charge in [-0.05, 0) is 41.9 Å². The molecule has 2 bridgehead atoms. The Morgan fingerprint density at radius 3 is 1.91 bits per heavy atom. The molecule has 3 aliphatic carbocycles. The van der Waals surface area contributed by atoms with Crippen molar-refractivity contribution >= 4 is 11.8 Å². The number of rotatable bonds is 1. The molecule has 0 amide bonds. The first-order valence-corrected chi connectivity index (χ1v) is 4.69. The molecule has 0 aromatic rings. The normalized spacial score (nSPS) is 48.0. The SMILES string of the molecule is CC(C)(C)C12CC(NCl)(C1)C2. The summed E-state index contributed by atoms with van der Waals surface area (Å²) in [7, 11) is 0. The maximum Gasteiger partial charge on any atom is 0.0348 e. The van der Waals surface area contributed by atoms with Crippen LogP contribution >= 0.6 is 11.8 Å². The average molecular weight is 174 g/mol. The lowest BCUT2D eigenvalue weighted by atomic mass is 9.33. The highest BCUT2D eigenvalue weighted by atomic mass is 35.5. The Labute approximate surface area is 73.6 Å². The third-order valence-electron chi connectivity index (χ3n) is 3.82. The molecule has 0 radical (unpaired) electrons. The van der Waals surface area contributed by atoms with Gasteiger partial charge in [-0.1, -0.05) is 20.8 Å². The second-order valence-electron chi connectivity index (χ2n) is 5.44. The van der Waals surface area contributed by atoms with Gasteiger partial charge >= 0.3 is 0 Å². The van der Waals surface area contributed by atoms with Gasteiger partial charge in [0.2, 0.25) is 0 Å². The van der Waals surface area contributed by atoms with Crippen LogP contribution in [-0.4, -0.2) is 5.54 Å². The largest absolute Gasteiger partial charge is 0.227 e. The van der Waals surface area contributed by atoms with Crippen LogP contribution in [-0.2, 0) is 0 Å². The molecule has 0 spiro atoms. The molecule has 3 fully saturated rings. The molecule has 3 aliphatic rings. The molecule has 0 atom stereocenters. The van der Waals surface area contributed by atoms with E-state index in [1.54, 1.807) is 0 Å². The predicted octanol–water partition coefficient (Wildman–Crippen LogP) is 2.70. The van der Waals surface area contributed by atoms with Crippen LogP contribution in [0.1, 0.15) is 40.0 Å². The lowest BCUT2D eigenvalue weighted by Gasteiger charge is -2.75. The van der Waals surface area contributed by atoms with Crippen molar-refractivity contribution in [1.29, 1.82) is 0 Å². The van der Waals surface area contributed by atoms with E-state index in [1.807, 2.05) is 0 Å². The summed E-state index contributed by atoms with van der Waals surface area (Å²) in [5.41, 5.74) is 1.44. The van der Waals surface area contributed by atoms with Crippen LogP contribution < -0.4 is 4.84 Å². The van der Waals surface area contributed by atoms with Crippen LogP contribution in [0, 0.1) is 10.8 Å². The van der Waals surface area contributed by atoms with Gasteiger partial charge in [0.1, 0.15) is 0 Å². The van der Waals surface area contributed by atoms with E-state index in [1.165, 1.54) is 19.3 Å². The molecule has 0 aromatic heterocycles. The average Bonchev–Trinajstić information content (AvgIpc) is 1.53. The molecule has 0 aromatic carbocycles. The zero-order valence-corrected chi connectivity index (χ0v) is 8.26. The highest BCUT2D eigenvalue weighted by Crippen LogP contribution is 2.74. The monoisotopic (exact) mass is 173 g/mol. The minimum Gasteiger partial charge on any atom is -0.227 e. The summed E-state index contributed by atoms with van der Waals surface area (Å²) < 4.78 is 0. The van der Waals surface area contributed by atoms with Crippen LogP contribution in [0.15, 0.2) is 0 Å². The van der Waals surface area contributed by atoms with Crippen molar-refractivity contribution in [3.8, 4) is 0 Å². The summed E-state index contributed by atoms with van der Waals surface area (Å²) in [6.07, 6.45) is 3.85. The Hall–Kier alpha value is 0.250. The first kappa shape index (κ1) is 7.88. The van der Waals surface area contributed by atoms with E-state index < -0.39 is 0 Å². The molecule has 11 heavy (non-hydrogen) atoms. The summed E-state index contributed by atoms with van der Waals surface area (Å²) in [5.74, 6) is 0. The van der Waals surface area contributed by atoms with Gasteiger partial charge in [0, 0.05) is 5.54 Å². The molecule has 1 N–H and O–H groups in total. The van der Waals surface area contributed by atoms with Gasteiger partial charge < -0.3 is 0 Å². The van der Waals surface area contributed by atoms with E-state index in [0.717, 1.165) is 0 Å². The summed E-state index contributed by atoms with van der Waals surface area (Å²) in [5, 5.41) is 0. The van der Waals surface area contributed by atoms with Crippen LogP contribution in [0.3, 0.4) is 0 Å². The molecule has 0 heterocycles. The minimum atomic E-state index is 0.342. The Balaban J connectivity index is 2.04. The Bertz CT molecular complexity index is 172.